The van der Waals surface area contributed by atoms with Gasteiger partial charge in [0.25, 0.3) is 0 Å². The first-order valence-electron chi connectivity index (χ1n) is 1.47. The maximum Gasteiger partial charge on any atom is 0.668 e. The molecular weight excluding hydrogens is 133 g/mol. The van der Waals surface area contributed by atoms with Gasteiger partial charge in [-0.05, 0) is 0 Å². The van der Waals surface area contributed by atoms with Crippen molar-refractivity contribution < 1.29 is 19.2 Å². The summed E-state index contributed by atoms with van der Waals surface area (Å²) in [5, 5.41) is 0. The number of hydrogen-bond donors (Lipinski definition) is 5. The lowest BCUT2D eigenvalue weighted by atomic mass is 13.9. The second-order valence-electron chi connectivity index (χ2n) is 0.600. The molecule has 0 bridgehead atoms. The van der Waals surface area contributed by atoms with E-state index in [1.807, 2.05) is 0 Å². The molecule has 0 aromatic rings. The zero-order chi connectivity index (χ0) is 6.50. The van der Waals surface area contributed by atoms with Crippen LogP contribution in [0.25, 0.3) is 0 Å². The monoisotopic (exact) mass is 141 g/mol. The summed E-state index contributed by atoms with van der Waals surface area (Å²) in [4.78, 5) is 29.3. The van der Waals surface area contributed by atoms with Crippen LogP contribution < -0.4 is 4.72 Å². The van der Waals surface area contributed by atoms with Gasteiger partial charge in [-0.2, -0.15) is 0 Å². The average Bonchev–Trinajstić information content (AvgIpc) is 1.36. The Bertz CT molecular complexity index is 27.2. The third-order valence-corrected chi connectivity index (χ3v) is 0. The molecule has 0 unspecified atom stereocenters. The zero-order valence-corrected chi connectivity index (χ0v) is 6.87. The summed E-state index contributed by atoms with van der Waals surface area (Å²) in [6, 6.07) is 0. The first kappa shape index (κ1) is 10.5. The Morgan fingerprint density at radius 1 is 1.00 bits per heavy atom. The normalized spacial score (nSPS) is 9.29. The van der Waals surface area contributed by atoms with Gasteiger partial charge in [-0.15, -0.1) is 0 Å². The molecule has 6 N–H and O–H groups in total. The molecule has 0 atom stereocenters. The van der Waals surface area contributed by atoms with E-state index in [4.69, 9.17) is 19.2 Å². The molecule has 0 aliphatic heterocycles. The average molecular weight is 141 g/mol. The molecule has 7 heavy (non-hydrogen) atoms. The molecule has 0 saturated carbocycles. The van der Waals surface area contributed by atoms with Crippen molar-refractivity contribution >= 4 is 25.6 Å². The zero-order valence-electron chi connectivity index (χ0n) is 3.87. The predicted molar refractivity (Wildman–Crippen MR) is 27.4 cm³/mol. The molecule has 0 aromatic carbocycles. The van der Waals surface area contributed by atoms with E-state index in [1.165, 1.54) is 0 Å². The summed E-state index contributed by atoms with van der Waals surface area (Å²) >= 11 is 0.806. The van der Waals surface area contributed by atoms with Gasteiger partial charge in [0, 0.05) is 0 Å². The Morgan fingerprint density at radius 3 is 1.00 bits per heavy atom. The van der Waals surface area contributed by atoms with Crippen LogP contribution in [0.5, 0.6) is 0 Å². The Morgan fingerprint density at radius 2 is 1.00 bits per heavy atom. The van der Waals surface area contributed by atoms with Crippen LogP contribution in [0.15, 0.2) is 0 Å². The van der Waals surface area contributed by atoms with Gasteiger partial charge in [0.05, 0.1) is 0 Å². The van der Waals surface area contributed by atoms with Gasteiger partial charge in [0.15, 0.2) is 0 Å². The summed E-state index contributed by atoms with van der Waals surface area (Å²) in [5.41, 5.74) is 0. The van der Waals surface area contributed by atoms with Crippen molar-refractivity contribution in [3.63, 3.8) is 0 Å². The minimum atomic E-state index is -4.61. The molecule has 5 nitrogen and oxygen atoms in total. The van der Waals surface area contributed by atoms with E-state index in [-0.39, 0.29) is 0 Å². The lowest BCUT2D eigenvalue weighted by molar-refractivity contribution is 0.117. The van der Waals surface area contributed by atoms with Crippen molar-refractivity contribution in [1.82, 2.24) is 0 Å². The van der Waals surface area contributed by atoms with E-state index in [0.717, 1.165) is 16.5 Å². The third kappa shape index (κ3) is 449. The van der Waals surface area contributed by atoms with Crippen LogP contribution in [0.2, 0.25) is 0 Å². The maximum atomic E-state index is 7.33. The van der Waals surface area contributed by atoms with E-state index in [1.54, 1.807) is 0 Å². The fourth-order valence-corrected chi connectivity index (χ4v) is 0. The second kappa shape index (κ2) is 4.70. The molecule has 0 amide bonds. The van der Waals surface area contributed by atoms with Gasteiger partial charge < -0.3 is 23.9 Å². The quantitative estimate of drug-likeness (QED) is 0.220. The molecule has 0 aromatic heterocycles. The van der Waals surface area contributed by atoms with Crippen LogP contribution in [0, 0.1) is 0 Å². The summed E-state index contributed by atoms with van der Waals surface area (Å²) in [6.45, 7) is 0. The van der Waals surface area contributed by atoms with Crippen LogP contribution in [0.3, 0.4) is 0 Å². The molecule has 0 saturated heterocycles. The highest BCUT2D eigenvalue weighted by Crippen LogP contribution is 1.67. The lowest BCUT2D eigenvalue weighted by Gasteiger charge is -1.91. The molecule has 0 aliphatic carbocycles. The van der Waals surface area contributed by atoms with Crippen molar-refractivity contribution in [3.05, 3.63) is 0 Å². The first-order valence-corrected chi connectivity index (χ1v) is 4.42. The smallest absolute Gasteiger partial charge is 0.418 e. The minimum absolute atomic E-state index is 0.806. The van der Waals surface area contributed by atoms with Gasteiger partial charge in [-0.1, -0.05) is 0 Å². The summed E-state index contributed by atoms with van der Waals surface area (Å²) in [6.07, 6.45) is 0. The fraction of sp³-hybridized carbons (Fsp3) is 0. The largest absolute Gasteiger partial charge is 0.668 e. The fourth-order valence-electron chi connectivity index (χ4n) is 0. The minimum Gasteiger partial charge on any atom is -0.418 e. The Kier molecular flexibility index (Phi) is 7.06. The molecular formula is H8AlNO4Si. The van der Waals surface area contributed by atoms with E-state index in [2.05, 4.69) is 4.72 Å². The molecule has 0 radical (unpaired) electrons. The van der Waals surface area contributed by atoms with Crippen molar-refractivity contribution in [2.24, 2.45) is 4.72 Å². The molecule has 7 heteroatoms. The second-order valence-corrected chi connectivity index (χ2v) is 1.80. The molecule has 0 spiro atoms. The van der Waals surface area contributed by atoms with Crippen molar-refractivity contribution in [3.8, 4) is 0 Å². The topological polar surface area (TPSA) is 107 Å². The van der Waals surface area contributed by atoms with Crippen LogP contribution in [-0.4, -0.2) is 44.7 Å². The lowest BCUT2D eigenvalue weighted by Crippen LogP contribution is -2.33. The van der Waals surface area contributed by atoms with Gasteiger partial charge in [0.1, 0.15) is 0 Å². The maximum absolute atomic E-state index is 7.33. The standard InChI is InChI=1S/Al.H2N.H4O4Si.2H/c;;1-5(2,3)4;;/h;1H2;1-4H;;/q+1;-1;;;. The molecule has 0 aliphatic rings. The van der Waals surface area contributed by atoms with Gasteiger partial charge in [-0.25, -0.2) is 0 Å². The van der Waals surface area contributed by atoms with E-state index >= 15 is 0 Å². The summed E-state index contributed by atoms with van der Waals surface area (Å²) < 4.78 is 4.64. The molecule has 0 rings (SSSR count). The van der Waals surface area contributed by atoms with Gasteiger partial charge >= 0.3 is 25.6 Å². The summed E-state index contributed by atoms with van der Waals surface area (Å²) in [5.74, 6) is 0. The predicted octanol–water partition coefficient (Wildman–Crippen LogP) is -4.12. The summed E-state index contributed by atoms with van der Waals surface area (Å²) in [7, 11) is -4.61. The Balaban J connectivity index is 0. The van der Waals surface area contributed by atoms with Crippen LogP contribution in [0.4, 0.5) is 0 Å². The van der Waals surface area contributed by atoms with Crippen molar-refractivity contribution in [2.75, 3.05) is 0 Å². The van der Waals surface area contributed by atoms with Gasteiger partial charge in [-0.3, -0.25) is 0 Å². The van der Waals surface area contributed by atoms with Crippen molar-refractivity contribution in [2.45, 2.75) is 0 Å². The highest BCUT2D eigenvalue weighted by molar-refractivity contribution is 6.46. The van der Waals surface area contributed by atoms with E-state index in [0.29, 0.717) is 0 Å². The van der Waals surface area contributed by atoms with E-state index < -0.39 is 9.05 Å². The van der Waals surface area contributed by atoms with Crippen LogP contribution in [0.1, 0.15) is 0 Å². The van der Waals surface area contributed by atoms with Crippen molar-refractivity contribution in [1.29, 1.82) is 0 Å². The molecule has 44 valence electrons. The number of rotatable bonds is 0. The highest BCUT2D eigenvalue weighted by Gasteiger charge is 2.22. The molecule has 0 heterocycles. The number of nitrogens with two attached hydrogens (primary N) is 1. The van der Waals surface area contributed by atoms with Crippen LogP contribution >= 0.6 is 0 Å². The van der Waals surface area contributed by atoms with Gasteiger partial charge in [0.2, 0.25) is 0 Å². The Hall–Kier alpha value is 0.549. The third-order valence-electron chi connectivity index (χ3n) is 0. The Labute approximate surface area is 50.2 Å². The van der Waals surface area contributed by atoms with E-state index in [9.17, 15) is 0 Å². The first-order chi connectivity index (χ1) is 3.00. The highest BCUT2D eigenvalue weighted by atomic mass is 28.4. The molecule has 0 fully saturated rings. The SMILES string of the molecule is O[Si](O)(O)O.[NH2][AlH2]. The van der Waals surface area contributed by atoms with Crippen LogP contribution in [-0.2, 0) is 0 Å². The number of hydrogen-bond acceptors (Lipinski definition) is 5.